The number of nitrogens with one attached hydrogen (secondary N) is 2. The zero-order valence-corrected chi connectivity index (χ0v) is 16.6. The second-order valence-corrected chi connectivity index (χ2v) is 8.41. The standard InChI is InChI=1S/C18H24N4O4S/c1-13-9-14(2)11-15(10-13)20-17-6-5-16(12-18(17)22(23)24)27(25,26)19-7-8-21(3)4/h5-6,9-12,19-20H,7-8H2,1-4H3. The number of hydrogen-bond acceptors (Lipinski definition) is 6. The van der Waals surface area contributed by atoms with Crippen molar-refractivity contribution in [2.24, 2.45) is 0 Å². The zero-order chi connectivity index (χ0) is 20.2. The van der Waals surface area contributed by atoms with E-state index in [1.807, 2.05) is 51.0 Å². The van der Waals surface area contributed by atoms with E-state index in [4.69, 9.17) is 0 Å². The molecule has 0 aromatic heterocycles. The van der Waals surface area contributed by atoms with Gasteiger partial charge in [-0.05, 0) is 63.3 Å². The van der Waals surface area contributed by atoms with Crippen molar-refractivity contribution in [2.45, 2.75) is 18.7 Å². The van der Waals surface area contributed by atoms with Crippen LogP contribution in [0.2, 0.25) is 0 Å². The van der Waals surface area contributed by atoms with Crippen molar-refractivity contribution < 1.29 is 13.3 Å². The Balaban J connectivity index is 2.32. The average Bonchev–Trinajstić information content (AvgIpc) is 2.53. The van der Waals surface area contributed by atoms with Crippen LogP contribution in [0.1, 0.15) is 11.1 Å². The van der Waals surface area contributed by atoms with E-state index in [1.165, 1.54) is 12.1 Å². The monoisotopic (exact) mass is 392 g/mol. The summed E-state index contributed by atoms with van der Waals surface area (Å²) in [5.41, 5.74) is 2.67. The Labute approximate surface area is 159 Å². The number of nitro groups is 1. The van der Waals surface area contributed by atoms with Crippen molar-refractivity contribution in [3.05, 3.63) is 57.6 Å². The summed E-state index contributed by atoms with van der Waals surface area (Å²) in [5.74, 6) is 0. The minimum Gasteiger partial charge on any atom is -0.350 e. The lowest BCUT2D eigenvalue weighted by Gasteiger charge is -2.12. The van der Waals surface area contributed by atoms with Crippen molar-refractivity contribution in [3.8, 4) is 0 Å². The Morgan fingerprint density at radius 2 is 1.70 bits per heavy atom. The summed E-state index contributed by atoms with van der Waals surface area (Å²) in [7, 11) is -0.172. The smallest absolute Gasteiger partial charge is 0.294 e. The van der Waals surface area contributed by atoms with Crippen molar-refractivity contribution in [1.29, 1.82) is 0 Å². The van der Waals surface area contributed by atoms with E-state index in [9.17, 15) is 18.5 Å². The van der Waals surface area contributed by atoms with E-state index in [-0.39, 0.29) is 22.8 Å². The van der Waals surface area contributed by atoms with Gasteiger partial charge < -0.3 is 10.2 Å². The quantitative estimate of drug-likeness (QED) is 0.529. The molecule has 8 nitrogen and oxygen atoms in total. The molecule has 2 aromatic rings. The van der Waals surface area contributed by atoms with Gasteiger partial charge in [-0.3, -0.25) is 10.1 Å². The van der Waals surface area contributed by atoms with Gasteiger partial charge in [-0.1, -0.05) is 6.07 Å². The highest BCUT2D eigenvalue weighted by atomic mass is 32.2. The third kappa shape index (κ3) is 5.75. The maximum absolute atomic E-state index is 12.4. The lowest BCUT2D eigenvalue weighted by Crippen LogP contribution is -2.31. The number of benzene rings is 2. The van der Waals surface area contributed by atoms with Gasteiger partial charge in [0, 0.05) is 24.8 Å². The molecule has 27 heavy (non-hydrogen) atoms. The third-order valence-electron chi connectivity index (χ3n) is 3.83. The van der Waals surface area contributed by atoms with Crippen molar-refractivity contribution in [2.75, 3.05) is 32.5 Å². The highest BCUT2D eigenvalue weighted by molar-refractivity contribution is 7.89. The molecule has 2 N–H and O–H groups in total. The molecule has 0 unspecified atom stereocenters. The molecule has 0 aliphatic carbocycles. The molecule has 0 spiro atoms. The predicted octanol–water partition coefficient (Wildman–Crippen LogP) is 2.80. The summed E-state index contributed by atoms with van der Waals surface area (Å²) in [6.45, 7) is 4.60. The highest BCUT2D eigenvalue weighted by Crippen LogP contribution is 2.30. The predicted molar refractivity (Wildman–Crippen MR) is 106 cm³/mol. The van der Waals surface area contributed by atoms with Gasteiger partial charge in [-0.2, -0.15) is 0 Å². The summed E-state index contributed by atoms with van der Waals surface area (Å²) in [4.78, 5) is 12.6. The normalized spacial score (nSPS) is 11.6. The maximum atomic E-state index is 12.4. The summed E-state index contributed by atoms with van der Waals surface area (Å²) in [6.07, 6.45) is 0. The molecule has 9 heteroatoms. The molecule has 2 rings (SSSR count). The van der Waals surface area contributed by atoms with Gasteiger partial charge in [0.15, 0.2) is 0 Å². The van der Waals surface area contributed by atoms with Crippen LogP contribution in [-0.2, 0) is 10.0 Å². The lowest BCUT2D eigenvalue weighted by atomic mass is 10.1. The Kier molecular flexibility index (Phi) is 6.53. The molecule has 2 aromatic carbocycles. The van der Waals surface area contributed by atoms with Crippen molar-refractivity contribution in [3.63, 3.8) is 0 Å². The van der Waals surface area contributed by atoms with E-state index in [0.29, 0.717) is 12.2 Å². The molecule has 0 aliphatic rings. The first kappa shape index (κ1) is 20.8. The molecule has 0 atom stereocenters. The number of nitro benzene ring substituents is 1. The number of likely N-dealkylation sites (N-methyl/N-ethyl adjacent to an activating group) is 1. The SMILES string of the molecule is Cc1cc(C)cc(Nc2ccc(S(=O)(=O)NCCN(C)C)cc2[N+](=O)[O-])c1. The number of hydrogen-bond donors (Lipinski definition) is 2. The molecule has 0 radical (unpaired) electrons. The first-order valence-corrected chi connectivity index (χ1v) is 9.85. The van der Waals surface area contributed by atoms with Crippen LogP contribution in [0.15, 0.2) is 41.3 Å². The summed E-state index contributed by atoms with van der Waals surface area (Å²) >= 11 is 0. The van der Waals surface area contributed by atoms with Crippen molar-refractivity contribution >= 4 is 27.1 Å². The Morgan fingerprint density at radius 1 is 1.07 bits per heavy atom. The van der Waals surface area contributed by atoms with Gasteiger partial charge in [0.25, 0.3) is 5.69 Å². The molecule has 146 valence electrons. The zero-order valence-electron chi connectivity index (χ0n) is 15.8. The number of nitrogens with zero attached hydrogens (tertiary/aromatic N) is 2. The molecule has 0 fully saturated rings. The van der Waals surface area contributed by atoms with Crippen LogP contribution in [0.4, 0.5) is 17.1 Å². The molecule has 0 aliphatic heterocycles. The van der Waals surface area contributed by atoms with Crippen LogP contribution in [0.5, 0.6) is 0 Å². The first-order chi connectivity index (χ1) is 12.6. The van der Waals surface area contributed by atoms with E-state index in [0.717, 1.165) is 17.2 Å². The third-order valence-corrected chi connectivity index (χ3v) is 5.29. The molecule has 0 saturated heterocycles. The largest absolute Gasteiger partial charge is 0.350 e. The fraction of sp³-hybridized carbons (Fsp3) is 0.333. The van der Waals surface area contributed by atoms with Crippen LogP contribution in [0.3, 0.4) is 0 Å². The van der Waals surface area contributed by atoms with Crippen molar-refractivity contribution in [1.82, 2.24) is 9.62 Å². The van der Waals surface area contributed by atoms with E-state index < -0.39 is 14.9 Å². The van der Waals surface area contributed by atoms with Crippen LogP contribution in [-0.4, -0.2) is 45.4 Å². The highest BCUT2D eigenvalue weighted by Gasteiger charge is 2.21. The van der Waals surface area contributed by atoms with Gasteiger partial charge in [0.1, 0.15) is 5.69 Å². The average molecular weight is 392 g/mol. The second-order valence-electron chi connectivity index (χ2n) is 6.64. The Bertz CT molecular complexity index is 922. The number of aryl methyl sites for hydroxylation is 2. The topological polar surface area (TPSA) is 105 Å². The molecule has 0 bridgehead atoms. The fourth-order valence-electron chi connectivity index (χ4n) is 2.62. The number of anilines is 2. The molecule has 0 saturated carbocycles. The van der Waals surface area contributed by atoms with E-state index >= 15 is 0 Å². The van der Waals surface area contributed by atoms with Crippen LogP contribution in [0.25, 0.3) is 0 Å². The Morgan fingerprint density at radius 3 is 2.26 bits per heavy atom. The lowest BCUT2D eigenvalue weighted by molar-refractivity contribution is -0.384. The Hall–Kier alpha value is -2.49. The van der Waals surface area contributed by atoms with Gasteiger partial charge in [-0.25, -0.2) is 13.1 Å². The fourth-order valence-corrected chi connectivity index (χ4v) is 3.67. The van der Waals surface area contributed by atoms with Crippen LogP contribution >= 0.6 is 0 Å². The van der Waals surface area contributed by atoms with E-state index in [1.54, 1.807) is 0 Å². The summed E-state index contributed by atoms with van der Waals surface area (Å²) in [5, 5.41) is 14.5. The van der Waals surface area contributed by atoms with Gasteiger partial charge in [-0.15, -0.1) is 0 Å². The second kappa shape index (κ2) is 8.47. The molecular formula is C18H24N4O4S. The van der Waals surface area contributed by atoms with Gasteiger partial charge in [0.05, 0.1) is 9.82 Å². The number of sulfonamides is 1. The summed E-state index contributed by atoms with van der Waals surface area (Å²) in [6, 6.07) is 9.57. The molecule has 0 amide bonds. The first-order valence-electron chi connectivity index (χ1n) is 8.36. The minimum absolute atomic E-state index is 0.140. The number of rotatable bonds is 8. The van der Waals surface area contributed by atoms with Crippen LogP contribution < -0.4 is 10.0 Å². The summed E-state index contributed by atoms with van der Waals surface area (Å²) < 4.78 is 27.2. The minimum atomic E-state index is -3.82. The van der Waals surface area contributed by atoms with Crippen LogP contribution in [0, 0.1) is 24.0 Å². The molecule has 0 heterocycles. The van der Waals surface area contributed by atoms with Gasteiger partial charge in [0.2, 0.25) is 10.0 Å². The maximum Gasteiger partial charge on any atom is 0.294 e. The molecular weight excluding hydrogens is 368 g/mol. The van der Waals surface area contributed by atoms with E-state index in [2.05, 4.69) is 10.0 Å². The van der Waals surface area contributed by atoms with Gasteiger partial charge >= 0.3 is 0 Å².